The van der Waals surface area contributed by atoms with Crippen molar-refractivity contribution in [3.63, 3.8) is 0 Å². The van der Waals surface area contributed by atoms with Gasteiger partial charge in [0.1, 0.15) is 0 Å². The van der Waals surface area contributed by atoms with Gasteiger partial charge in [-0.15, -0.1) is 0 Å². The molecule has 1 aromatic rings. The molecule has 0 aliphatic heterocycles. The predicted molar refractivity (Wildman–Crippen MR) is 62.6 cm³/mol. The molecule has 0 fully saturated rings. The van der Waals surface area contributed by atoms with Crippen LogP contribution in [0.2, 0.25) is 10.0 Å². The molecule has 0 radical (unpaired) electrons. The molecular formula is C11H7Cl2F3O2. The maximum atomic E-state index is 12.4. The zero-order chi connectivity index (χ0) is 14.0. The van der Waals surface area contributed by atoms with E-state index in [9.17, 15) is 18.0 Å². The van der Waals surface area contributed by atoms with Crippen LogP contribution in [0.1, 0.15) is 5.56 Å². The van der Waals surface area contributed by atoms with E-state index in [0.717, 1.165) is 6.08 Å². The quantitative estimate of drug-likeness (QED) is 0.867. The van der Waals surface area contributed by atoms with Crippen LogP contribution < -0.4 is 0 Å². The average molecular weight is 299 g/mol. The van der Waals surface area contributed by atoms with Crippen molar-refractivity contribution in [3.05, 3.63) is 39.9 Å². The summed E-state index contributed by atoms with van der Waals surface area (Å²) in [6, 6.07) is 4.09. The minimum Gasteiger partial charge on any atom is -0.371 e. The zero-order valence-corrected chi connectivity index (χ0v) is 10.2. The highest BCUT2D eigenvalue weighted by molar-refractivity contribution is 6.42. The topological polar surface area (TPSA) is 37.3 Å². The third kappa shape index (κ3) is 3.25. The SMILES string of the molecule is O=CC(O)(C=Cc1ccc(Cl)c(Cl)c1)C(F)(F)F. The monoisotopic (exact) mass is 298 g/mol. The van der Waals surface area contributed by atoms with Crippen molar-refractivity contribution in [2.75, 3.05) is 0 Å². The molecule has 0 amide bonds. The van der Waals surface area contributed by atoms with Crippen molar-refractivity contribution in [1.29, 1.82) is 0 Å². The van der Waals surface area contributed by atoms with E-state index in [1.54, 1.807) is 0 Å². The first-order valence-electron chi connectivity index (χ1n) is 4.59. The first-order chi connectivity index (χ1) is 8.19. The van der Waals surface area contributed by atoms with Crippen LogP contribution in [-0.4, -0.2) is 23.2 Å². The molecule has 1 N–H and O–H groups in total. The van der Waals surface area contributed by atoms with Crippen LogP contribution in [0.3, 0.4) is 0 Å². The van der Waals surface area contributed by atoms with Gasteiger partial charge in [0.15, 0.2) is 6.29 Å². The lowest BCUT2D eigenvalue weighted by molar-refractivity contribution is -0.226. The van der Waals surface area contributed by atoms with E-state index in [0.29, 0.717) is 6.08 Å². The molecule has 1 atom stereocenters. The Kier molecular flexibility index (Phi) is 4.42. The number of benzene rings is 1. The molecule has 0 spiro atoms. The standard InChI is InChI=1S/C11H7Cl2F3O2/c12-8-2-1-7(5-9(8)13)3-4-10(18,6-17)11(14,15)16/h1-6,18H. The van der Waals surface area contributed by atoms with Crippen molar-refractivity contribution in [3.8, 4) is 0 Å². The van der Waals surface area contributed by atoms with Gasteiger partial charge >= 0.3 is 6.18 Å². The second kappa shape index (κ2) is 5.30. The van der Waals surface area contributed by atoms with E-state index in [1.165, 1.54) is 18.2 Å². The Balaban J connectivity index is 3.05. The van der Waals surface area contributed by atoms with E-state index in [2.05, 4.69) is 0 Å². The summed E-state index contributed by atoms with van der Waals surface area (Å²) in [5.74, 6) is 0. The van der Waals surface area contributed by atoms with Gasteiger partial charge < -0.3 is 5.11 Å². The number of alkyl halides is 3. The van der Waals surface area contributed by atoms with Gasteiger partial charge in [-0.3, -0.25) is 4.79 Å². The summed E-state index contributed by atoms with van der Waals surface area (Å²) in [4.78, 5) is 10.3. The molecule has 0 aliphatic carbocycles. The number of carbonyl (C=O) groups excluding carboxylic acids is 1. The second-order valence-corrected chi connectivity index (χ2v) is 4.26. The normalized spacial score (nSPS) is 15.7. The highest BCUT2D eigenvalue weighted by atomic mass is 35.5. The molecule has 1 rings (SSSR count). The predicted octanol–water partition coefficient (Wildman–Crippen LogP) is 3.50. The number of aldehydes is 1. The Morgan fingerprint density at radius 3 is 2.22 bits per heavy atom. The maximum Gasteiger partial charge on any atom is 0.427 e. The fourth-order valence-electron chi connectivity index (χ4n) is 1.04. The molecule has 2 nitrogen and oxygen atoms in total. The smallest absolute Gasteiger partial charge is 0.371 e. The number of carbonyl (C=O) groups is 1. The molecule has 0 aromatic heterocycles. The van der Waals surface area contributed by atoms with Crippen molar-refractivity contribution < 1.29 is 23.1 Å². The fraction of sp³-hybridized carbons (Fsp3) is 0.182. The van der Waals surface area contributed by atoms with Gasteiger partial charge in [-0.2, -0.15) is 13.2 Å². The Hall–Kier alpha value is -1.04. The fourth-order valence-corrected chi connectivity index (χ4v) is 1.35. The summed E-state index contributed by atoms with van der Waals surface area (Å²) in [5.41, 5.74) is -3.24. The van der Waals surface area contributed by atoms with E-state index >= 15 is 0 Å². The Bertz CT molecular complexity index is 486. The summed E-state index contributed by atoms with van der Waals surface area (Å²) >= 11 is 11.3. The van der Waals surface area contributed by atoms with Gasteiger partial charge in [0.2, 0.25) is 5.60 Å². The lowest BCUT2D eigenvalue weighted by atomic mass is 10.0. The van der Waals surface area contributed by atoms with Gasteiger partial charge in [0.05, 0.1) is 10.0 Å². The van der Waals surface area contributed by atoms with Gasteiger partial charge in [-0.25, -0.2) is 0 Å². The molecule has 18 heavy (non-hydrogen) atoms. The van der Waals surface area contributed by atoms with Gasteiger partial charge in [-0.1, -0.05) is 35.3 Å². The lowest BCUT2D eigenvalue weighted by Crippen LogP contribution is -2.44. The molecule has 0 bridgehead atoms. The highest BCUT2D eigenvalue weighted by Gasteiger charge is 2.52. The summed E-state index contributed by atoms with van der Waals surface area (Å²) < 4.78 is 37.1. The Labute approximate surface area is 111 Å². The van der Waals surface area contributed by atoms with Crippen molar-refractivity contribution in [2.24, 2.45) is 0 Å². The number of aliphatic hydroxyl groups is 1. The molecule has 0 saturated carbocycles. The molecule has 0 heterocycles. The average Bonchev–Trinajstić information content (AvgIpc) is 2.28. The highest BCUT2D eigenvalue weighted by Crippen LogP contribution is 2.31. The molecule has 0 aliphatic rings. The van der Waals surface area contributed by atoms with Crippen molar-refractivity contribution in [1.82, 2.24) is 0 Å². The summed E-state index contributed by atoms with van der Waals surface area (Å²) in [6.45, 7) is 0. The number of hydrogen-bond donors (Lipinski definition) is 1. The lowest BCUT2D eigenvalue weighted by Gasteiger charge is -2.20. The second-order valence-electron chi connectivity index (χ2n) is 3.45. The summed E-state index contributed by atoms with van der Waals surface area (Å²) in [5, 5.41) is 9.50. The third-order valence-corrected chi connectivity index (χ3v) is 2.85. The number of halogens is 5. The van der Waals surface area contributed by atoms with Crippen LogP contribution in [0.15, 0.2) is 24.3 Å². The number of rotatable bonds is 3. The third-order valence-electron chi connectivity index (χ3n) is 2.11. The van der Waals surface area contributed by atoms with Crippen LogP contribution in [0.4, 0.5) is 13.2 Å². The van der Waals surface area contributed by atoms with E-state index in [1.807, 2.05) is 0 Å². The van der Waals surface area contributed by atoms with Gasteiger partial charge in [0, 0.05) is 0 Å². The molecule has 1 unspecified atom stereocenters. The molecule has 0 saturated heterocycles. The maximum absolute atomic E-state index is 12.4. The van der Waals surface area contributed by atoms with Crippen LogP contribution >= 0.6 is 23.2 Å². The van der Waals surface area contributed by atoms with E-state index in [4.69, 9.17) is 28.3 Å². The van der Waals surface area contributed by atoms with Gasteiger partial charge in [-0.05, 0) is 23.8 Å². The summed E-state index contributed by atoms with van der Waals surface area (Å²) in [6.07, 6.45) is -4.38. The Morgan fingerprint density at radius 2 is 1.78 bits per heavy atom. The van der Waals surface area contributed by atoms with Crippen molar-refractivity contribution >= 4 is 35.6 Å². The van der Waals surface area contributed by atoms with Crippen molar-refractivity contribution in [2.45, 2.75) is 11.8 Å². The minimum atomic E-state index is -5.08. The largest absolute Gasteiger partial charge is 0.427 e. The first kappa shape index (κ1) is 15.0. The molecule has 7 heteroatoms. The molecule has 1 aromatic carbocycles. The van der Waals surface area contributed by atoms with Crippen LogP contribution in [0.5, 0.6) is 0 Å². The van der Waals surface area contributed by atoms with E-state index < -0.39 is 18.1 Å². The van der Waals surface area contributed by atoms with Crippen LogP contribution in [0.25, 0.3) is 6.08 Å². The Morgan fingerprint density at radius 1 is 1.17 bits per heavy atom. The summed E-state index contributed by atoms with van der Waals surface area (Å²) in [7, 11) is 0. The first-order valence-corrected chi connectivity index (χ1v) is 5.35. The number of hydrogen-bond acceptors (Lipinski definition) is 2. The van der Waals surface area contributed by atoms with E-state index in [-0.39, 0.29) is 15.6 Å². The van der Waals surface area contributed by atoms with Crippen LogP contribution in [0, 0.1) is 0 Å². The van der Waals surface area contributed by atoms with Crippen LogP contribution in [-0.2, 0) is 4.79 Å². The molecular weight excluding hydrogens is 292 g/mol. The zero-order valence-electron chi connectivity index (χ0n) is 8.71. The minimum absolute atomic E-state index is 0.153. The van der Waals surface area contributed by atoms with Gasteiger partial charge in [0.25, 0.3) is 0 Å². The molecule has 98 valence electrons.